The van der Waals surface area contributed by atoms with Crippen molar-refractivity contribution in [1.82, 2.24) is 0 Å². The predicted octanol–water partition coefficient (Wildman–Crippen LogP) is 4.79. The molecule has 0 saturated heterocycles. The lowest BCUT2D eigenvalue weighted by molar-refractivity contribution is -0.120. The van der Waals surface area contributed by atoms with Crippen LogP contribution in [0.5, 0.6) is 0 Å². The maximum atomic E-state index is 11.7. The molecule has 0 heterocycles. The van der Waals surface area contributed by atoms with E-state index in [1.807, 2.05) is 6.92 Å². The summed E-state index contributed by atoms with van der Waals surface area (Å²) in [6, 6.07) is 0. The Kier molecular flexibility index (Phi) is 7.86. The molecular formula is C16H28O. The highest BCUT2D eigenvalue weighted by atomic mass is 16.1. The Bertz CT molecular complexity index is 271. The van der Waals surface area contributed by atoms with Gasteiger partial charge >= 0.3 is 0 Å². The molecule has 0 bridgehead atoms. The van der Waals surface area contributed by atoms with Gasteiger partial charge in [-0.05, 0) is 31.1 Å². The number of carbonyl (C=O) groups is 1. The number of carbonyl (C=O) groups excluding carboxylic acids is 1. The second kappa shape index (κ2) is 8.27. The lowest BCUT2D eigenvalue weighted by Gasteiger charge is -2.16. The molecule has 0 fully saturated rings. The molecule has 0 aromatic carbocycles. The highest BCUT2D eigenvalue weighted by Crippen LogP contribution is 2.20. The minimum Gasteiger partial charge on any atom is -0.300 e. The molecule has 1 unspecified atom stereocenters. The van der Waals surface area contributed by atoms with Gasteiger partial charge in [-0.25, -0.2) is 0 Å². The third-order valence-electron chi connectivity index (χ3n) is 2.88. The van der Waals surface area contributed by atoms with Gasteiger partial charge < -0.3 is 0 Å². The molecule has 0 aliphatic carbocycles. The number of Topliss-reactive ketones (excluding diaryl/α,β-unsaturated/α-hetero) is 1. The van der Waals surface area contributed by atoms with E-state index in [0.717, 1.165) is 18.4 Å². The van der Waals surface area contributed by atoms with Crippen LogP contribution in [0.15, 0.2) is 24.3 Å². The van der Waals surface area contributed by atoms with Crippen LogP contribution in [0.2, 0.25) is 0 Å². The van der Waals surface area contributed by atoms with E-state index < -0.39 is 0 Å². The van der Waals surface area contributed by atoms with Gasteiger partial charge in [-0.2, -0.15) is 0 Å². The van der Waals surface area contributed by atoms with E-state index in [1.54, 1.807) is 0 Å². The Hall–Kier alpha value is -0.850. The summed E-state index contributed by atoms with van der Waals surface area (Å²) in [5, 5.41) is 0. The van der Waals surface area contributed by atoms with Crippen LogP contribution >= 0.6 is 0 Å². The molecule has 0 N–H and O–H groups in total. The summed E-state index contributed by atoms with van der Waals surface area (Å²) in [6.45, 7) is 14.5. The molecular weight excluding hydrogens is 208 g/mol. The summed E-state index contributed by atoms with van der Waals surface area (Å²) < 4.78 is 0. The van der Waals surface area contributed by atoms with Gasteiger partial charge in [0.2, 0.25) is 0 Å². The van der Waals surface area contributed by atoms with Crippen LogP contribution in [-0.2, 0) is 4.79 Å². The van der Waals surface area contributed by atoms with Gasteiger partial charge in [0, 0.05) is 12.8 Å². The topological polar surface area (TPSA) is 17.1 Å². The molecule has 1 atom stereocenters. The Balaban J connectivity index is 4.18. The molecule has 17 heavy (non-hydrogen) atoms. The third kappa shape index (κ3) is 8.91. The number of ketones is 1. The van der Waals surface area contributed by atoms with Crippen molar-refractivity contribution in [2.24, 2.45) is 17.8 Å². The summed E-state index contributed by atoms with van der Waals surface area (Å²) in [5.74, 6) is 1.94. The molecule has 0 aliphatic rings. The van der Waals surface area contributed by atoms with Crippen molar-refractivity contribution >= 4 is 5.78 Å². The van der Waals surface area contributed by atoms with E-state index in [-0.39, 0.29) is 0 Å². The van der Waals surface area contributed by atoms with E-state index in [9.17, 15) is 4.79 Å². The first kappa shape index (κ1) is 16.1. The number of allylic oxidation sites excluding steroid dienone is 3. The largest absolute Gasteiger partial charge is 0.300 e. The lowest BCUT2D eigenvalue weighted by atomic mass is 9.88. The molecule has 0 aromatic heterocycles. The van der Waals surface area contributed by atoms with Crippen LogP contribution in [0.3, 0.4) is 0 Å². The third-order valence-corrected chi connectivity index (χ3v) is 2.88. The van der Waals surface area contributed by atoms with Crippen molar-refractivity contribution in [2.75, 3.05) is 0 Å². The van der Waals surface area contributed by atoms with Crippen molar-refractivity contribution in [3.05, 3.63) is 24.3 Å². The van der Waals surface area contributed by atoms with Gasteiger partial charge in [-0.1, -0.05) is 52.0 Å². The Morgan fingerprint density at radius 1 is 1.24 bits per heavy atom. The maximum Gasteiger partial charge on any atom is 0.133 e. The van der Waals surface area contributed by atoms with Crippen LogP contribution in [0.25, 0.3) is 0 Å². The van der Waals surface area contributed by atoms with Crippen LogP contribution in [-0.4, -0.2) is 5.78 Å². The molecule has 0 saturated carbocycles. The van der Waals surface area contributed by atoms with E-state index >= 15 is 0 Å². The Labute approximate surface area is 107 Å². The van der Waals surface area contributed by atoms with Gasteiger partial charge in [0.15, 0.2) is 0 Å². The molecule has 0 amide bonds. The van der Waals surface area contributed by atoms with Crippen LogP contribution in [0.4, 0.5) is 0 Å². The van der Waals surface area contributed by atoms with E-state index in [2.05, 4.69) is 46.4 Å². The van der Waals surface area contributed by atoms with Gasteiger partial charge in [0.1, 0.15) is 5.78 Å². The van der Waals surface area contributed by atoms with Crippen LogP contribution in [0, 0.1) is 17.8 Å². The lowest BCUT2D eigenvalue weighted by Crippen LogP contribution is -2.10. The predicted molar refractivity (Wildman–Crippen MR) is 76.0 cm³/mol. The van der Waals surface area contributed by atoms with Crippen LogP contribution in [0.1, 0.15) is 53.9 Å². The summed E-state index contributed by atoms with van der Waals surface area (Å²) in [7, 11) is 0. The number of hydrogen-bond donors (Lipinski definition) is 0. The fourth-order valence-corrected chi connectivity index (χ4v) is 1.82. The highest BCUT2D eigenvalue weighted by Gasteiger charge is 2.13. The number of hydrogen-bond acceptors (Lipinski definition) is 1. The van der Waals surface area contributed by atoms with Gasteiger partial charge in [-0.15, -0.1) is 0 Å². The Morgan fingerprint density at radius 2 is 1.82 bits per heavy atom. The first-order chi connectivity index (χ1) is 7.82. The van der Waals surface area contributed by atoms with E-state index in [4.69, 9.17) is 0 Å². The maximum absolute atomic E-state index is 11.7. The summed E-state index contributed by atoms with van der Waals surface area (Å²) >= 11 is 0. The molecule has 1 heteroatoms. The van der Waals surface area contributed by atoms with Crippen molar-refractivity contribution in [2.45, 2.75) is 53.9 Å². The summed E-state index contributed by atoms with van der Waals surface area (Å²) in [5.41, 5.74) is 1.07. The molecule has 1 nitrogen and oxygen atoms in total. The Morgan fingerprint density at radius 3 is 2.24 bits per heavy atom. The normalized spacial score (nSPS) is 13.6. The molecule has 0 aliphatic heterocycles. The van der Waals surface area contributed by atoms with Crippen molar-refractivity contribution in [1.29, 1.82) is 0 Å². The quantitative estimate of drug-likeness (QED) is 0.554. The monoisotopic (exact) mass is 236 g/mol. The first-order valence-corrected chi connectivity index (χ1v) is 6.68. The molecule has 0 radical (unpaired) electrons. The zero-order chi connectivity index (χ0) is 13.4. The fourth-order valence-electron chi connectivity index (χ4n) is 1.82. The molecule has 0 rings (SSSR count). The van der Waals surface area contributed by atoms with E-state index in [0.29, 0.717) is 30.0 Å². The molecule has 0 aromatic rings. The van der Waals surface area contributed by atoms with Crippen molar-refractivity contribution < 1.29 is 4.79 Å². The minimum atomic E-state index is 0.398. The smallest absolute Gasteiger partial charge is 0.133 e. The van der Waals surface area contributed by atoms with Crippen LogP contribution < -0.4 is 0 Å². The second-order valence-electron chi connectivity index (χ2n) is 5.79. The molecule has 0 spiro atoms. The standard InChI is InChI=1S/C16H28O/c1-12(2)7-8-15(14(5)6)9-10-16(17)11-13(3)4/h7-8,13-15H,1,9-11H2,2-6H3. The first-order valence-electron chi connectivity index (χ1n) is 6.68. The zero-order valence-corrected chi connectivity index (χ0v) is 12.1. The van der Waals surface area contributed by atoms with Crippen molar-refractivity contribution in [3.8, 4) is 0 Å². The summed E-state index contributed by atoms with van der Waals surface area (Å²) in [4.78, 5) is 11.7. The van der Waals surface area contributed by atoms with E-state index in [1.165, 1.54) is 0 Å². The van der Waals surface area contributed by atoms with Gasteiger partial charge in [0.05, 0.1) is 0 Å². The average Bonchev–Trinajstić information content (AvgIpc) is 2.15. The fraction of sp³-hybridized carbons (Fsp3) is 0.688. The zero-order valence-electron chi connectivity index (χ0n) is 12.1. The molecule has 98 valence electrons. The van der Waals surface area contributed by atoms with Gasteiger partial charge in [-0.3, -0.25) is 4.79 Å². The summed E-state index contributed by atoms with van der Waals surface area (Å²) in [6.07, 6.45) is 6.66. The van der Waals surface area contributed by atoms with Gasteiger partial charge in [0.25, 0.3) is 0 Å². The highest BCUT2D eigenvalue weighted by molar-refractivity contribution is 5.78. The minimum absolute atomic E-state index is 0.398. The number of rotatable bonds is 8. The second-order valence-corrected chi connectivity index (χ2v) is 5.79. The average molecular weight is 236 g/mol. The SMILES string of the molecule is C=C(C)C=CC(CCC(=O)CC(C)C)C(C)C. The van der Waals surface area contributed by atoms with Crippen molar-refractivity contribution in [3.63, 3.8) is 0 Å².